The van der Waals surface area contributed by atoms with Crippen LogP contribution >= 0.6 is 24.8 Å². The molecule has 117 heavy (non-hydrogen) atoms. The Bertz CT molecular complexity index is 6030. The molecule has 34 heteroatoms. The van der Waals surface area contributed by atoms with Gasteiger partial charge < -0.3 is 62.3 Å². The third-order valence-electron chi connectivity index (χ3n) is 20.6. The second-order valence-electron chi connectivity index (χ2n) is 31.3. The standard InChI is InChI=1S/C29H29N7O4.C24H21N7O2.C16H21NO4.C14H12N6O.2ClH/c1-28(2,3)40-27(39)34-29(12-21(29)16-8-6-5-7-9-16)26(38)32-18-10-19-23-20(14-30-35-25(19)37)24(33-22(23)11-18)17-13-31-36(4)15-17;1-31-12-14(10-27-31)21-17-11-26-30-22(32)16-7-15(8-19(29-21)20(16)17)28-23(33)24(25)9-18(24)13-5-3-2-4-6-13;1-15(2,3)21-14(20)17-16(10-13(18)19)9-12(16)11-7-5-4-6-8-11;1-20-6-7(4-17-20)13-10-5-16-19-14(21)9-2-8(15)3-11(18-13)12(9)10;;/h5-11,13-15,21,33H,12H2,1-4H3,(H,32,38)(H,34,39)(H,35,37);2-8,10-12,18,29H,9,25H2,1H3,(H,28,33)(H,30,32);4-8,12H,9-10H2,1-3H3,(H,17,20)(H,18,19);2-6,18H,15H2,1H3,(H,19,21);2*1H/t21-,29+;18-,24-;12-,16+;;;/m000.../s1. The number of nitrogens with one attached hydrogen (secondary N) is 10. The molecule has 32 nitrogen and oxygen atoms in total. The molecule has 0 unspecified atom stereocenters. The lowest BCUT2D eigenvalue weighted by Gasteiger charge is -2.24. The van der Waals surface area contributed by atoms with E-state index in [1.54, 1.807) is 117 Å². The van der Waals surface area contributed by atoms with Crippen LogP contribution in [0.1, 0.15) is 149 Å². The minimum absolute atomic E-state index is 0. The molecule has 18 rings (SSSR count). The van der Waals surface area contributed by atoms with E-state index >= 15 is 0 Å². The van der Waals surface area contributed by atoms with Gasteiger partial charge in [-0.3, -0.25) is 42.8 Å². The molecule has 0 spiro atoms. The van der Waals surface area contributed by atoms with Crippen molar-refractivity contribution in [3.05, 3.63) is 215 Å². The number of benzene rings is 6. The topological polar surface area (TPSA) is 449 Å². The monoisotopic (exact) mass is 1620 g/mol. The molecule has 6 aromatic carbocycles. The molecule has 3 fully saturated rings. The summed E-state index contributed by atoms with van der Waals surface area (Å²) in [6.07, 6.45) is 16.0. The SMILES string of the molecule is CC(C)(C)OC(=O)N[C@@]1(CC(=O)O)C[C@H]1c1ccccc1.Cl.Cl.Cn1cc(-c2[nH]c3cc(N)cc4c3c2C=NNC4=O)cn1.Cn1cc(-c2[nH]c3cc(NC(=O)[C@@]4(NC(=O)OC(C)(C)C)C[C@H]4c4ccccc4)cc4c3c2C=NNC4=O)cn1.Cn1cc(-c2[nH]c3cc(NC(=O)[C@]4(N)C[C@H]4c4ccccc4)cc4c3c2C=NNC4=O)cn1. The summed E-state index contributed by atoms with van der Waals surface area (Å²) in [7, 11) is 5.52. The van der Waals surface area contributed by atoms with Crippen LogP contribution in [0, 0.1) is 0 Å². The van der Waals surface area contributed by atoms with Gasteiger partial charge in [-0.1, -0.05) is 91.0 Å². The Hall–Kier alpha value is -13.7. The number of aromatic amines is 3. The van der Waals surface area contributed by atoms with Crippen molar-refractivity contribution in [2.75, 3.05) is 16.4 Å². The maximum Gasteiger partial charge on any atom is 0.408 e. The Balaban J connectivity index is 0.000000140. The number of rotatable bonds is 14. The zero-order valence-corrected chi connectivity index (χ0v) is 66.5. The summed E-state index contributed by atoms with van der Waals surface area (Å²) in [5, 5.41) is 47.6. The first-order chi connectivity index (χ1) is 54.8. The molecule has 3 saturated carbocycles. The molecule has 6 aromatic heterocycles. The van der Waals surface area contributed by atoms with Crippen molar-refractivity contribution in [3.8, 4) is 33.8 Å². The summed E-state index contributed by atoms with van der Waals surface area (Å²) in [6.45, 7) is 10.6. The molecular weight excluding hydrogens is 1540 g/mol. The average Bonchev–Trinajstić information content (AvgIpc) is 1.58. The third-order valence-corrected chi connectivity index (χ3v) is 20.6. The molecule has 12 aromatic rings. The van der Waals surface area contributed by atoms with Gasteiger partial charge in [0, 0.05) is 141 Å². The number of aliphatic carboxylic acids is 1. The first-order valence-electron chi connectivity index (χ1n) is 37.0. The number of aryl methyl sites for hydroxylation is 3. The lowest BCUT2D eigenvalue weighted by atomic mass is 10.0. The van der Waals surface area contributed by atoms with Crippen molar-refractivity contribution in [1.82, 2.24) is 71.2 Å². The molecule has 3 aliphatic carbocycles. The van der Waals surface area contributed by atoms with Crippen LogP contribution in [0.15, 0.2) is 180 Å². The highest BCUT2D eigenvalue weighted by Crippen LogP contribution is 2.55. The maximum atomic E-state index is 13.8. The Morgan fingerprint density at radius 1 is 0.504 bits per heavy atom. The number of alkyl carbamates (subject to hydrolysis) is 2. The highest BCUT2D eigenvalue weighted by Gasteiger charge is 2.63. The molecule has 0 saturated heterocycles. The van der Waals surface area contributed by atoms with Crippen LogP contribution in [0.3, 0.4) is 0 Å². The van der Waals surface area contributed by atoms with Gasteiger partial charge >= 0.3 is 18.2 Å². The molecule has 6 atom stereocenters. The number of carbonyl (C=O) groups excluding carboxylic acids is 7. The number of hydrogen-bond acceptors (Lipinski definition) is 18. The van der Waals surface area contributed by atoms with Crippen molar-refractivity contribution in [2.24, 2.45) is 42.2 Å². The van der Waals surface area contributed by atoms with E-state index in [2.05, 4.69) is 83.1 Å². The number of aromatic nitrogens is 9. The van der Waals surface area contributed by atoms with Crippen molar-refractivity contribution in [2.45, 2.75) is 113 Å². The predicted molar refractivity (Wildman–Crippen MR) is 448 cm³/mol. The van der Waals surface area contributed by atoms with Gasteiger partial charge in [-0.05, 0) is 114 Å². The lowest BCUT2D eigenvalue weighted by Crippen LogP contribution is -2.49. The summed E-state index contributed by atoms with van der Waals surface area (Å²) >= 11 is 0. The first-order valence-corrected chi connectivity index (χ1v) is 37.0. The number of amides is 7. The molecule has 602 valence electrons. The molecule has 7 amide bonds. The normalized spacial score (nSPS) is 19.4. The Morgan fingerprint density at radius 2 is 0.880 bits per heavy atom. The van der Waals surface area contributed by atoms with E-state index in [0.29, 0.717) is 69.4 Å². The Labute approximate surface area is 681 Å². The Morgan fingerprint density at radius 3 is 1.27 bits per heavy atom. The molecule has 6 aliphatic rings. The van der Waals surface area contributed by atoms with Crippen LogP contribution in [-0.2, 0) is 45.0 Å². The molecule has 0 bridgehead atoms. The number of nitrogens with zero attached hydrogens (tertiary/aromatic N) is 9. The second-order valence-corrected chi connectivity index (χ2v) is 31.3. The van der Waals surface area contributed by atoms with Gasteiger partial charge in [0.25, 0.3) is 23.6 Å². The molecule has 0 radical (unpaired) electrons. The molecule has 9 heterocycles. The van der Waals surface area contributed by atoms with Gasteiger partial charge in [-0.2, -0.15) is 30.6 Å². The van der Waals surface area contributed by atoms with Crippen molar-refractivity contribution in [1.29, 1.82) is 0 Å². The van der Waals surface area contributed by atoms with Crippen molar-refractivity contribution < 1.29 is 52.9 Å². The summed E-state index contributed by atoms with van der Waals surface area (Å²) in [6, 6.07) is 39.3. The summed E-state index contributed by atoms with van der Waals surface area (Å²) < 4.78 is 15.8. The number of hydrazone groups is 3. The van der Waals surface area contributed by atoms with Gasteiger partial charge in [-0.25, -0.2) is 25.9 Å². The van der Waals surface area contributed by atoms with Crippen LogP contribution in [-0.4, -0.2) is 144 Å². The number of carbonyl (C=O) groups is 8. The number of nitrogens with two attached hydrogens (primary N) is 2. The number of nitrogen functional groups attached to an aromatic ring is 1. The largest absolute Gasteiger partial charge is 0.481 e. The third kappa shape index (κ3) is 16.8. The fraction of sp³-hybridized carbons (Fsp3) is 0.253. The minimum Gasteiger partial charge on any atom is -0.481 e. The number of hydrogen-bond donors (Lipinski definition) is 13. The highest BCUT2D eigenvalue weighted by molar-refractivity contribution is 6.21. The number of halogens is 2. The lowest BCUT2D eigenvalue weighted by molar-refractivity contribution is -0.137. The predicted octanol–water partition coefficient (Wildman–Crippen LogP) is 11.5. The first kappa shape index (κ1) is 81.3. The number of carboxylic acid groups (broad SMARTS) is 1. The van der Waals surface area contributed by atoms with E-state index in [0.717, 1.165) is 83.4 Å². The van der Waals surface area contributed by atoms with Crippen molar-refractivity contribution in [3.63, 3.8) is 0 Å². The minimum atomic E-state index is -1.21. The van der Waals surface area contributed by atoms with E-state index in [4.69, 9.17) is 26.0 Å². The fourth-order valence-corrected chi connectivity index (χ4v) is 15.1. The van der Waals surface area contributed by atoms with Crippen LogP contribution in [0.2, 0.25) is 0 Å². The van der Waals surface area contributed by atoms with Crippen molar-refractivity contribution >= 4 is 141 Å². The zero-order chi connectivity index (χ0) is 81.2. The number of H-pyrrole nitrogens is 3. The highest BCUT2D eigenvalue weighted by atomic mass is 35.5. The van der Waals surface area contributed by atoms with Gasteiger partial charge in [0.15, 0.2) is 0 Å². The summed E-state index contributed by atoms with van der Waals surface area (Å²) in [5.41, 5.74) is 30.9. The molecular formula is C83H85Cl2N21O11. The van der Waals surface area contributed by atoms with Crippen LogP contribution in [0.4, 0.5) is 26.7 Å². The van der Waals surface area contributed by atoms with Crippen LogP contribution in [0.25, 0.3) is 66.5 Å². The number of anilines is 3. The number of ether oxygens (including phenoxy) is 2. The fourth-order valence-electron chi connectivity index (χ4n) is 15.1. The summed E-state index contributed by atoms with van der Waals surface area (Å²) in [4.78, 5) is 111. The molecule has 3 aliphatic heterocycles. The van der Waals surface area contributed by atoms with Gasteiger partial charge in [0.2, 0.25) is 5.91 Å². The van der Waals surface area contributed by atoms with E-state index in [-0.39, 0.29) is 66.7 Å². The van der Waals surface area contributed by atoms with E-state index in [1.165, 1.54) is 0 Å². The van der Waals surface area contributed by atoms with Gasteiger partial charge in [0.1, 0.15) is 22.3 Å². The van der Waals surface area contributed by atoms with E-state index < -0.39 is 57.8 Å². The van der Waals surface area contributed by atoms with Gasteiger partial charge in [0.05, 0.1) is 83.0 Å². The van der Waals surface area contributed by atoms with E-state index in [9.17, 15) is 38.4 Å². The van der Waals surface area contributed by atoms with Crippen LogP contribution < -0.4 is 49.0 Å². The second kappa shape index (κ2) is 31.6. The van der Waals surface area contributed by atoms with E-state index in [1.807, 2.05) is 143 Å². The zero-order valence-electron chi connectivity index (χ0n) is 64.9. The smallest absolute Gasteiger partial charge is 0.408 e. The Kier molecular flexibility index (Phi) is 21.9. The maximum absolute atomic E-state index is 13.8. The van der Waals surface area contributed by atoms with Crippen LogP contribution in [0.5, 0.6) is 0 Å². The van der Waals surface area contributed by atoms with Gasteiger partial charge in [-0.15, -0.1) is 24.8 Å². The number of carboxylic acids is 1. The average molecular weight is 1620 g/mol. The summed E-state index contributed by atoms with van der Waals surface area (Å²) in [5.74, 6) is -2.86. The quantitative estimate of drug-likeness (QED) is 0.0450. The molecule has 15 N–H and O–H groups in total.